The molecule has 2 aromatic rings. The second kappa shape index (κ2) is 9.86. The van der Waals surface area contributed by atoms with E-state index in [0.717, 1.165) is 5.69 Å². The summed E-state index contributed by atoms with van der Waals surface area (Å²) in [5, 5.41) is 4.86. The normalized spacial score (nSPS) is 17.8. The van der Waals surface area contributed by atoms with Crippen molar-refractivity contribution in [3.05, 3.63) is 53.1 Å². The van der Waals surface area contributed by atoms with Gasteiger partial charge in [0, 0.05) is 55.1 Å². The number of piperazine rings is 1. The molecule has 170 valence electrons. The molecule has 1 N–H and O–H groups in total. The van der Waals surface area contributed by atoms with Crippen LogP contribution in [0.4, 0.5) is 10.8 Å². The zero-order chi connectivity index (χ0) is 23.4. The first-order valence-electron chi connectivity index (χ1n) is 10.5. The fourth-order valence-electron chi connectivity index (χ4n) is 3.61. The Morgan fingerprint density at radius 1 is 1.12 bits per heavy atom. The Balaban J connectivity index is 1.26. The Hall–Kier alpha value is -3.66. The monoisotopic (exact) mass is 465 g/mol. The van der Waals surface area contributed by atoms with Gasteiger partial charge in [0.1, 0.15) is 0 Å². The van der Waals surface area contributed by atoms with Crippen molar-refractivity contribution >= 4 is 51.9 Å². The summed E-state index contributed by atoms with van der Waals surface area (Å²) in [5.74, 6) is -1.31. The first-order chi connectivity index (χ1) is 15.9. The number of carbonyl (C=O) groups is 4. The van der Waals surface area contributed by atoms with Gasteiger partial charge in [-0.05, 0) is 31.2 Å². The third kappa shape index (κ3) is 5.58. The Bertz CT molecular complexity index is 1110. The molecule has 0 saturated carbocycles. The Labute approximate surface area is 194 Å². The molecular weight excluding hydrogens is 442 g/mol. The van der Waals surface area contributed by atoms with Gasteiger partial charge in [-0.2, -0.15) is 0 Å². The number of hydrogen-bond donors (Lipinski definition) is 1. The fraction of sp³-hybridized carbons (Fsp3) is 0.304. The number of Topliss-reactive ketones (excluding diaryl/α,β-unsaturated/α-hetero) is 1. The van der Waals surface area contributed by atoms with Gasteiger partial charge in [0.15, 0.2) is 10.9 Å². The number of hydrogen-bond acceptors (Lipinski definition) is 7. The third-order valence-electron chi connectivity index (χ3n) is 5.50. The van der Waals surface area contributed by atoms with E-state index in [-0.39, 0.29) is 29.9 Å². The summed E-state index contributed by atoms with van der Waals surface area (Å²) in [4.78, 5) is 59.5. The van der Waals surface area contributed by atoms with Crippen LogP contribution in [0, 0.1) is 5.92 Å². The minimum Gasteiger partial charge on any atom is -0.368 e. The molecule has 4 rings (SSSR count). The van der Waals surface area contributed by atoms with E-state index in [1.165, 1.54) is 29.7 Å². The van der Waals surface area contributed by atoms with Crippen molar-refractivity contribution in [1.29, 1.82) is 0 Å². The third-order valence-corrected chi connectivity index (χ3v) is 6.30. The lowest BCUT2D eigenvalue weighted by molar-refractivity contribution is -0.130. The zero-order valence-electron chi connectivity index (χ0n) is 18.1. The number of anilines is 2. The van der Waals surface area contributed by atoms with Crippen molar-refractivity contribution in [2.75, 3.05) is 36.4 Å². The molecule has 1 atom stereocenters. The maximum atomic E-state index is 12.7. The molecule has 33 heavy (non-hydrogen) atoms. The SMILES string of the molecule is CC(=O)c1ccc(N2CCN(C(=O)Cc3csc(NC(=O)C4C=CC(=O)N=C4)n3)CC2)cc1. The minimum absolute atomic E-state index is 0.00869. The van der Waals surface area contributed by atoms with Crippen molar-refractivity contribution in [3.8, 4) is 0 Å². The van der Waals surface area contributed by atoms with Gasteiger partial charge in [-0.25, -0.2) is 9.98 Å². The van der Waals surface area contributed by atoms with Gasteiger partial charge in [-0.15, -0.1) is 11.3 Å². The summed E-state index contributed by atoms with van der Waals surface area (Å²) in [7, 11) is 0. The number of thiazole rings is 1. The molecule has 3 amide bonds. The van der Waals surface area contributed by atoms with E-state index in [4.69, 9.17) is 0 Å². The molecule has 0 bridgehead atoms. The Morgan fingerprint density at radius 3 is 2.48 bits per heavy atom. The first kappa shape index (κ1) is 22.5. The van der Waals surface area contributed by atoms with E-state index >= 15 is 0 Å². The number of amides is 3. The van der Waals surface area contributed by atoms with Gasteiger partial charge in [0.05, 0.1) is 18.0 Å². The fourth-order valence-corrected chi connectivity index (χ4v) is 4.32. The molecule has 2 aliphatic rings. The number of ketones is 1. The van der Waals surface area contributed by atoms with Gasteiger partial charge < -0.3 is 15.1 Å². The van der Waals surface area contributed by atoms with Crippen LogP contribution in [0.3, 0.4) is 0 Å². The topological polar surface area (TPSA) is 112 Å². The Morgan fingerprint density at radius 2 is 1.85 bits per heavy atom. The van der Waals surface area contributed by atoms with Crippen molar-refractivity contribution < 1.29 is 19.2 Å². The van der Waals surface area contributed by atoms with Gasteiger partial charge in [-0.1, -0.05) is 6.08 Å². The van der Waals surface area contributed by atoms with Crippen LogP contribution in [0.5, 0.6) is 0 Å². The Kier molecular flexibility index (Phi) is 6.74. The molecule has 1 aromatic heterocycles. The summed E-state index contributed by atoms with van der Waals surface area (Å²) < 4.78 is 0. The second-order valence-electron chi connectivity index (χ2n) is 7.78. The standard InChI is InChI=1S/C23H23N5O4S/c1-15(29)16-2-5-19(6-3-16)27-8-10-28(11-9-27)21(31)12-18-14-33-23(25-18)26-22(32)17-4-7-20(30)24-13-17/h2-7,13-14,17H,8-12H2,1H3,(H,25,26,32). The second-order valence-corrected chi connectivity index (χ2v) is 8.64. The molecule has 2 aliphatic heterocycles. The number of dihydropyridines is 1. The zero-order valence-corrected chi connectivity index (χ0v) is 18.9. The number of benzene rings is 1. The molecule has 9 nitrogen and oxygen atoms in total. The number of aliphatic imine (C=N–C) groups is 1. The first-order valence-corrected chi connectivity index (χ1v) is 11.4. The van der Waals surface area contributed by atoms with Crippen LogP contribution in [0.1, 0.15) is 23.0 Å². The van der Waals surface area contributed by atoms with Crippen molar-refractivity contribution in [3.63, 3.8) is 0 Å². The maximum absolute atomic E-state index is 12.7. The predicted molar refractivity (Wildman–Crippen MR) is 126 cm³/mol. The van der Waals surface area contributed by atoms with E-state index in [0.29, 0.717) is 42.6 Å². The maximum Gasteiger partial charge on any atom is 0.269 e. The lowest BCUT2D eigenvalue weighted by atomic mass is 10.1. The van der Waals surface area contributed by atoms with Crippen LogP contribution in [0.2, 0.25) is 0 Å². The van der Waals surface area contributed by atoms with Crippen LogP contribution in [-0.2, 0) is 20.8 Å². The van der Waals surface area contributed by atoms with Gasteiger partial charge in [0.2, 0.25) is 11.8 Å². The number of aromatic nitrogens is 1. The van der Waals surface area contributed by atoms with Crippen molar-refractivity contribution in [2.45, 2.75) is 13.3 Å². The van der Waals surface area contributed by atoms with Crippen LogP contribution in [-0.4, -0.2) is 65.8 Å². The average molecular weight is 466 g/mol. The van der Waals surface area contributed by atoms with Gasteiger partial charge in [0.25, 0.3) is 5.91 Å². The van der Waals surface area contributed by atoms with Crippen LogP contribution in [0.25, 0.3) is 0 Å². The van der Waals surface area contributed by atoms with Crippen LogP contribution in [0.15, 0.2) is 46.8 Å². The quantitative estimate of drug-likeness (QED) is 0.653. The van der Waals surface area contributed by atoms with E-state index in [9.17, 15) is 19.2 Å². The number of rotatable bonds is 6. The largest absolute Gasteiger partial charge is 0.368 e. The number of nitrogens with one attached hydrogen (secondary N) is 1. The minimum atomic E-state index is -0.619. The highest BCUT2D eigenvalue weighted by Gasteiger charge is 2.23. The smallest absolute Gasteiger partial charge is 0.269 e. The molecule has 3 heterocycles. The molecule has 1 aromatic carbocycles. The van der Waals surface area contributed by atoms with Crippen LogP contribution < -0.4 is 10.2 Å². The highest BCUT2D eigenvalue weighted by Crippen LogP contribution is 2.20. The molecule has 1 unspecified atom stereocenters. The summed E-state index contributed by atoms with van der Waals surface area (Å²) in [6.07, 6.45) is 4.21. The molecule has 10 heteroatoms. The van der Waals surface area contributed by atoms with Crippen molar-refractivity contribution in [1.82, 2.24) is 9.88 Å². The molecule has 0 radical (unpaired) electrons. The highest BCUT2D eigenvalue weighted by atomic mass is 32.1. The molecule has 1 saturated heterocycles. The van der Waals surface area contributed by atoms with E-state index in [2.05, 4.69) is 20.2 Å². The van der Waals surface area contributed by atoms with Gasteiger partial charge in [-0.3, -0.25) is 19.2 Å². The summed E-state index contributed by atoms with van der Waals surface area (Å²) in [5.41, 5.74) is 2.32. The number of nitrogens with zero attached hydrogens (tertiary/aromatic N) is 4. The number of carbonyl (C=O) groups excluding carboxylic acids is 4. The lowest BCUT2D eigenvalue weighted by Crippen LogP contribution is -2.49. The van der Waals surface area contributed by atoms with Crippen LogP contribution >= 0.6 is 11.3 Å². The van der Waals surface area contributed by atoms with E-state index in [1.54, 1.807) is 12.3 Å². The molecular formula is C23H23N5O4S. The van der Waals surface area contributed by atoms with E-state index in [1.807, 2.05) is 29.2 Å². The van der Waals surface area contributed by atoms with E-state index < -0.39 is 5.92 Å². The summed E-state index contributed by atoms with van der Waals surface area (Å²) in [6, 6.07) is 7.52. The summed E-state index contributed by atoms with van der Waals surface area (Å²) >= 11 is 1.25. The lowest BCUT2D eigenvalue weighted by Gasteiger charge is -2.36. The average Bonchev–Trinajstić information content (AvgIpc) is 3.26. The van der Waals surface area contributed by atoms with Gasteiger partial charge >= 0.3 is 0 Å². The molecule has 0 aliphatic carbocycles. The molecule has 1 fully saturated rings. The predicted octanol–water partition coefficient (Wildman–Crippen LogP) is 1.96. The molecule has 0 spiro atoms. The highest BCUT2D eigenvalue weighted by molar-refractivity contribution is 7.14. The summed E-state index contributed by atoms with van der Waals surface area (Å²) in [6.45, 7) is 4.18. The van der Waals surface area contributed by atoms with Crippen molar-refractivity contribution in [2.24, 2.45) is 10.9 Å².